The van der Waals surface area contributed by atoms with Gasteiger partial charge in [-0.3, -0.25) is 0 Å². The van der Waals surface area contributed by atoms with Gasteiger partial charge < -0.3 is 10.2 Å². The maximum atomic E-state index is 3.53. The minimum absolute atomic E-state index is 0.485. The van der Waals surface area contributed by atoms with Crippen molar-refractivity contribution in [3.63, 3.8) is 0 Å². The van der Waals surface area contributed by atoms with Crippen LogP contribution in [0.5, 0.6) is 0 Å². The molecule has 1 atom stereocenters. The number of benzene rings is 1. The molecule has 0 saturated heterocycles. The fourth-order valence-corrected chi connectivity index (χ4v) is 1.71. The van der Waals surface area contributed by atoms with Crippen molar-refractivity contribution in [2.24, 2.45) is 0 Å². The van der Waals surface area contributed by atoms with E-state index in [-0.39, 0.29) is 0 Å². The van der Waals surface area contributed by atoms with E-state index in [1.54, 1.807) is 0 Å². The van der Waals surface area contributed by atoms with Gasteiger partial charge in [-0.05, 0) is 39.2 Å². The lowest BCUT2D eigenvalue weighted by Crippen LogP contribution is -2.25. The van der Waals surface area contributed by atoms with E-state index in [0.29, 0.717) is 6.04 Å². The summed E-state index contributed by atoms with van der Waals surface area (Å²) in [6.45, 7) is 4.30. The van der Waals surface area contributed by atoms with Crippen LogP contribution >= 0.6 is 0 Å². The molecule has 0 fully saturated rings. The first-order chi connectivity index (χ1) is 7.24. The van der Waals surface area contributed by atoms with Gasteiger partial charge >= 0.3 is 0 Å². The second kappa shape index (κ2) is 6.59. The summed E-state index contributed by atoms with van der Waals surface area (Å²) in [4.78, 5) is 2.23. The Morgan fingerprint density at radius 1 is 1.20 bits per heavy atom. The molecular formula is C13H22N2. The highest BCUT2D eigenvalue weighted by Gasteiger charge is 2.09. The lowest BCUT2D eigenvalue weighted by Gasteiger charge is -2.20. The quantitative estimate of drug-likeness (QED) is 0.768. The van der Waals surface area contributed by atoms with E-state index in [4.69, 9.17) is 0 Å². The van der Waals surface area contributed by atoms with E-state index in [0.717, 1.165) is 19.5 Å². The molecule has 0 aliphatic heterocycles. The van der Waals surface area contributed by atoms with Crippen molar-refractivity contribution in [2.75, 3.05) is 27.2 Å². The Labute approximate surface area is 93.3 Å². The van der Waals surface area contributed by atoms with Crippen LogP contribution in [0.4, 0.5) is 0 Å². The van der Waals surface area contributed by atoms with E-state index in [9.17, 15) is 0 Å². The molecule has 0 heterocycles. The fraction of sp³-hybridized carbons (Fsp3) is 0.538. The minimum atomic E-state index is 0.485. The van der Waals surface area contributed by atoms with Gasteiger partial charge in [0.1, 0.15) is 0 Å². The Hall–Kier alpha value is -0.860. The maximum absolute atomic E-state index is 3.53. The third kappa shape index (κ3) is 4.45. The van der Waals surface area contributed by atoms with Crippen LogP contribution in [0.3, 0.4) is 0 Å². The van der Waals surface area contributed by atoms with Crippen molar-refractivity contribution in [3.8, 4) is 0 Å². The average Bonchev–Trinajstić information content (AvgIpc) is 2.25. The summed E-state index contributed by atoms with van der Waals surface area (Å²) >= 11 is 0. The van der Waals surface area contributed by atoms with Gasteiger partial charge in [0.2, 0.25) is 0 Å². The molecule has 1 unspecified atom stereocenters. The number of nitrogens with zero attached hydrogens (tertiary/aromatic N) is 1. The average molecular weight is 206 g/mol. The normalized spacial score (nSPS) is 13.1. The third-order valence-corrected chi connectivity index (χ3v) is 2.52. The van der Waals surface area contributed by atoms with Gasteiger partial charge in [0.05, 0.1) is 0 Å². The summed E-state index contributed by atoms with van der Waals surface area (Å²) in [7, 11) is 4.24. The van der Waals surface area contributed by atoms with Gasteiger partial charge in [0, 0.05) is 6.04 Å². The zero-order chi connectivity index (χ0) is 11.1. The Balaban J connectivity index is 2.57. The minimum Gasteiger partial charge on any atom is -0.310 e. The first-order valence-electron chi connectivity index (χ1n) is 5.67. The molecule has 15 heavy (non-hydrogen) atoms. The predicted molar refractivity (Wildman–Crippen MR) is 66.0 cm³/mol. The first kappa shape index (κ1) is 12.2. The van der Waals surface area contributed by atoms with Crippen LogP contribution in [-0.2, 0) is 0 Å². The zero-order valence-corrected chi connectivity index (χ0v) is 10.0. The Kier molecular flexibility index (Phi) is 5.37. The highest BCUT2D eigenvalue weighted by molar-refractivity contribution is 5.18. The van der Waals surface area contributed by atoms with Gasteiger partial charge in [-0.25, -0.2) is 0 Å². The van der Waals surface area contributed by atoms with Gasteiger partial charge in [-0.1, -0.05) is 37.3 Å². The molecule has 84 valence electrons. The highest BCUT2D eigenvalue weighted by atomic mass is 15.1. The summed E-state index contributed by atoms with van der Waals surface area (Å²) in [6.07, 6.45) is 1.16. The van der Waals surface area contributed by atoms with Crippen LogP contribution < -0.4 is 5.32 Å². The lowest BCUT2D eigenvalue weighted by molar-refractivity contribution is 0.363. The van der Waals surface area contributed by atoms with Crippen LogP contribution in [0.15, 0.2) is 30.3 Å². The van der Waals surface area contributed by atoms with Crippen molar-refractivity contribution in [2.45, 2.75) is 19.4 Å². The molecule has 0 radical (unpaired) electrons. The van der Waals surface area contributed by atoms with E-state index in [1.807, 2.05) is 0 Å². The molecule has 0 amide bonds. The van der Waals surface area contributed by atoms with Crippen molar-refractivity contribution in [3.05, 3.63) is 35.9 Å². The van der Waals surface area contributed by atoms with Crippen LogP contribution in [0.1, 0.15) is 24.9 Å². The lowest BCUT2D eigenvalue weighted by atomic mass is 10.0. The van der Waals surface area contributed by atoms with Gasteiger partial charge in [-0.2, -0.15) is 0 Å². The third-order valence-electron chi connectivity index (χ3n) is 2.52. The summed E-state index contributed by atoms with van der Waals surface area (Å²) in [5.41, 5.74) is 1.39. The van der Waals surface area contributed by atoms with Gasteiger partial charge in [0.15, 0.2) is 0 Å². The summed E-state index contributed by atoms with van der Waals surface area (Å²) in [6, 6.07) is 11.2. The predicted octanol–water partition coefficient (Wildman–Crippen LogP) is 2.29. The van der Waals surface area contributed by atoms with Crippen molar-refractivity contribution in [1.29, 1.82) is 0 Å². The first-order valence-corrected chi connectivity index (χ1v) is 5.67. The molecule has 1 rings (SSSR count). The molecular weight excluding hydrogens is 184 g/mol. The Morgan fingerprint density at radius 3 is 2.40 bits per heavy atom. The van der Waals surface area contributed by atoms with Crippen molar-refractivity contribution >= 4 is 0 Å². The molecule has 0 aliphatic carbocycles. The smallest absolute Gasteiger partial charge is 0.0332 e. The molecule has 2 heteroatoms. The second-order valence-electron chi connectivity index (χ2n) is 4.11. The van der Waals surface area contributed by atoms with E-state index < -0.39 is 0 Å². The molecule has 1 aromatic rings. The van der Waals surface area contributed by atoms with E-state index in [2.05, 4.69) is 61.6 Å². The van der Waals surface area contributed by atoms with Gasteiger partial charge in [0.25, 0.3) is 0 Å². The van der Waals surface area contributed by atoms with Gasteiger partial charge in [-0.15, -0.1) is 0 Å². The van der Waals surface area contributed by atoms with Crippen molar-refractivity contribution < 1.29 is 0 Å². The molecule has 1 aromatic carbocycles. The molecule has 2 nitrogen and oxygen atoms in total. The topological polar surface area (TPSA) is 15.3 Å². The molecule has 1 N–H and O–H groups in total. The summed E-state index contributed by atoms with van der Waals surface area (Å²) in [5, 5.41) is 3.53. The van der Waals surface area contributed by atoms with E-state index in [1.165, 1.54) is 5.56 Å². The molecule has 0 saturated carbocycles. The number of hydrogen-bond acceptors (Lipinski definition) is 2. The highest BCUT2D eigenvalue weighted by Crippen LogP contribution is 2.16. The summed E-state index contributed by atoms with van der Waals surface area (Å²) in [5.74, 6) is 0. The number of nitrogens with one attached hydrogen (secondary N) is 1. The van der Waals surface area contributed by atoms with Crippen LogP contribution in [0.25, 0.3) is 0 Å². The Morgan fingerprint density at radius 2 is 1.87 bits per heavy atom. The Bertz CT molecular complexity index is 256. The maximum Gasteiger partial charge on any atom is 0.0332 e. The standard InChI is InChI=1S/C13H22N2/c1-4-14-13(10-11-15(2)3)12-8-6-5-7-9-12/h5-9,13-14H,4,10-11H2,1-3H3. The zero-order valence-electron chi connectivity index (χ0n) is 10.0. The van der Waals surface area contributed by atoms with Crippen LogP contribution in [0, 0.1) is 0 Å². The monoisotopic (exact) mass is 206 g/mol. The molecule has 0 aliphatic rings. The number of hydrogen-bond donors (Lipinski definition) is 1. The fourth-order valence-electron chi connectivity index (χ4n) is 1.71. The largest absolute Gasteiger partial charge is 0.310 e. The molecule has 0 aromatic heterocycles. The van der Waals surface area contributed by atoms with Crippen LogP contribution in [-0.4, -0.2) is 32.1 Å². The van der Waals surface area contributed by atoms with E-state index >= 15 is 0 Å². The second-order valence-corrected chi connectivity index (χ2v) is 4.11. The molecule has 0 bridgehead atoms. The number of rotatable bonds is 6. The summed E-state index contributed by atoms with van der Waals surface area (Å²) < 4.78 is 0. The SMILES string of the molecule is CCNC(CCN(C)C)c1ccccc1. The molecule has 0 spiro atoms. The van der Waals surface area contributed by atoms with Crippen LogP contribution in [0.2, 0.25) is 0 Å². The van der Waals surface area contributed by atoms with Crippen molar-refractivity contribution in [1.82, 2.24) is 10.2 Å².